The Morgan fingerprint density at radius 3 is 2.30 bits per heavy atom. The van der Waals surface area contributed by atoms with E-state index in [1.807, 2.05) is 0 Å². The molecule has 0 aliphatic carbocycles. The van der Waals surface area contributed by atoms with E-state index in [0.717, 1.165) is 12.1 Å². The largest absolute Gasteiger partial charge is 0.416 e. The summed E-state index contributed by atoms with van der Waals surface area (Å²) >= 11 is 0. The number of benzene rings is 2. The molecule has 2 rings (SSSR count). The van der Waals surface area contributed by atoms with Crippen molar-refractivity contribution in [2.75, 3.05) is 5.32 Å². The summed E-state index contributed by atoms with van der Waals surface area (Å²) in [6.07, 6.45) is -4.43. The Kier molecular flexibility index (Phi) is 3.79. The third kappa shape index (κ3) is 3.17. The third-order valence-corrected chi connectivity index (χ3v) is 2.85. The Morgan fingerprint density at radius 1 is 1.05 bits per heavy atom. The molecule has 0 fully saturated rings. The number of halogens is 3. The van der Waals surface area contributed by atoms with Crippen molar-refractivity contribution in [1.82, 2.24) is 0 Å². The number of anilines is 1. The number of rotatable bonds is 2. The molecule has 0 aliphatic rings. The second-order valence-electron chi connectivity index (χ2n) is 4.35. The van der Waals surface area contributed by atoms with E-state index in [1.54, 1.807) is 37.3 Å². The van der Waals surface area contributed by atoms with Crippen LogP contribution in [-0.2, 0) is 6.18 Å². The molecule has 0 unspecified atom stereocenters. The van der Waals surface area contributed by atoms with Crippen LogP contribution < -0.4 is 5.32 Å². The predicted octanol–water partition coefficient (Wildman–Crippen LogP) is 4.27. The Bertz CT molecular complexity index is 621. The van der Waals surface area contributed by atoms with Crippen LogP contribution in [0.1, 0.15) is 21.5 Å². The van der Waals surface area contributed by atoms with Crippen LogP contribution in [0.2, 0.25) is 0 Å². The normalized spacial score (nSPS) is 11.2. The second kappa shape index (κ2) is 5.36. The fourth-order valence-electron chi connectivity index (χ4n) is 1.72. The Hall–Kier alpha value is -2.30. The molecule has 5 heteroatoms. The monoisotopic (exact) mass is 279 g/mol. The van der Waals surface area contributed by atoms with Crippen LogP contribution in [-0.4, -0.2) is 5.91 Å². The lowest BCUT2D eigenvalue weighted by molar-refractivity contribution is -0.137. The van der Waals surface area contributed by atoms with Crippen LogP contribution in [0.25, 0.3) is 0 Å². The van der Waals surface area contributed by atoms with Crippen molar-refractivity contribution < 1.29 is 18.0 Å². The van der Waals surface area contributed by atoms with Crippen molar-refractivity contribution in [1.29, 1.82) is 0 Å². The first-order chi connectivity index (χ1) is 9.38. The topological polar surface area (TPSA) is 29.1 Å². The van der Waals surface area contributed by atoms with Gasteiger partial charge in [-0.15, -0.1) is 0 Å². The molecule has 0 aliphatic heterocycles. The van der Waals surface area contributed by atoms with Gasteiger partial charge in [0.1, 0.15) is 0 Å². The molecule has 0 spiro atoms. The van der Waals surface area contributed by atoms with Crippen LogP contribution in [0.5, 0.6) is 0 Å². The highest BCUT2D eigenvalue weighted by Gasteiger charge is 2.30. The molecule has 0 atom stereocenters. The van der Waals surface area contributed by atoms with Crippen LogP contribution in [0.4, 0.5) is 18.9 Å². The first-order valence-corrected chi connectivity index (χ1v) is 5.92. The summed E-state index contributed by atoms with van der Waals surface area (Å²) in [4.78, 5) is 11.9. The van der Waals surface area contributed by atoms with Crippen molar-refractivity contribution in [3.63, 3.8) is 0 Å². The van der Waals surface area contributed by atoms with Crippen molar-refractivity contribution in [3.05, 3.63) is 65.2 Å². The molecule has 1 N–H and O–H groups in total. The minimum Gasteiger partial charge on any atom is -0.322 e. The molecule has 0 heterocycles. The van der Waals surface area contributed by atoms with Gasteiger partial charge in [0.2, 0.25) is 0 Å². The molecule has 2 nitrogen and oxygen atoms in total. The zero-order valence-electron chi connectivity index (χ0n) is 10.7. The van der Waals surface area contributed by atoms with Gasteiger partial charge in [-0.25, -0.2) is 0 Å². The number of alkyl halides is 3. The lowest BCUT2D eigenvalue weighted by Crippen LogP contribution is -2.14. The lowest BCUT2D eigenvalue weighted by Gasteiger charge is -2.12. The maximum atomic E-state index is 12.6. The lowest BCUT2D eigenvalue weighted by atomic mass is 10.1. The first kappa shape index (κ1) is 14.1. The van der Waals surface area contributed by atoms with Crippen molar-refractivity contribution in [2.45, 2.75) is 13.1 Å². The SMILES string of the molecule is Cc1ccc(C(F)(F)F)cc1NC(=O)c1ccccc1. The van der Waals surface area contributed by atoms with E-state index in [4.69, 9.17) is 0 Å². The highest BCUT2D eigenvalue weighted by molar-refractivity contribution is 6.04. The van der Waals surface area contributed by atoms with Gasteiger partial charge in [0, 0.05) is 11.3 Å². The highest BCUT2D eigenvalue weighted by Crippen LogP contribution is 2.32. The zero-order valence-corrected chi connectivity index (χ0v) is 10.7. The van der Waals surface area contributed by atoms with Gasteiger partial charge in [0.25, 0.3) is 5.91 Å². The van der Waals surface area contributed by atoms with Gasteiger partial charge in [-0.3, -0.25) is 4.79 Å². The fraction of sp³-hybridized carbons (Fsp3) is 0.133. The number of carbonyl (C=O) groups is 1. The van der Waals surface area contributed by atoms with E-state index in [9.17, 15) is 18.0 Å². The number of aryl methyl sites for hydroxylation is 1. The molecule has 20 heavy (non-hydrogen) atoms. The minimum absolute atomic E-state index is 0.161. The Labute approximate surface area is 114 Å². The quantitative estimate of drug-likeness (QED) is 0.874. The summed E-state index contributed by atoms with van der Waals surface area (Å²) < 4.78 is 37.9. The first-order valence-electron chi connectivity index (χ1n) is 5.92. The predicted molar refractivity (Wildman–Crippen MR) is 70.6 cm³/mol. The smallest absolute Gasteiger partial charge is 0.322 e. The molecule has 2 aromatic carbocycles. The second-order valence-corrected chi connectivity index (χ2v) is 4.35. The molecule has 0 saturated carbocycles. The number of hydrogen-bond acceptors (Lipinski definition) is 1. The van der Waals surface area contributed by atoms with Gasteiger partial charge >= 0.3 is 6.18 Å². The Balaban J connectivity index is 2.27. The summed E-state index contributed by atoms with van der Waals surface area (Å²) in [6.45, 7) is 1.64. The van der Waals surface area contributed by atoms with Crippen LogP contribution in [0, 0.1) is 6.92 Å². The van der Waals surface area contributed by atoms with Crippen molar-refractivity contribution >= 4 is 11.6 Å². The number of nitrogens with one attached hydrogen (secondary N) is 1. The summed E-state index contributed by atoms with van der Waals surface area (Å²) in [7, 11) is 0. The van der Waals surface area contributed by atoms with E-state index in [0.29, 0.717) is 11.1 Å². The van der Waals surface area contributed by atoms with E-state index in [1.165, 1.54) is 6.07 Å². The molecule has 1 amide bonds. The van der Waals surface area contributed by atoms with Gasteiger partial charge < -0.3 is 5.32 Å². The molecule has 0 bridgehead atoms. The maximum absolute atomic E-state index is 12.6. The van der Waals surface area contributed by atoms with Crippen LogP contribution in [0.15, 0.2) is 48.5 Å². The third-order valence-electron chi connectivity index (χ3n) is 2.85. The number of amides is 1. The van der Waals surface area contributed by atoms with E-state index < -0.39 is 17.6 Å². The number of carbonyl (C=O) groups excluding carboxylic acids is 1. The van der Waals surface area contributed by atoms with Gasteiger partial charge in [0.05, 0.1) is 5.56 Å². The molecule has 0 radical (unpaired) electrons. The molecule has 2 aromatic rings. The maximum Gasteiger partial charge on any atom is 0.416 e. The molecular weight excluding hydrogens is 267 g/mol. The summed E-state index contributed by atoms with van der Waals surface area (Å²) in [6, 6.07) is 11.6. The van der Waals surface area contributed by atoms with Crippen molar-refractivity contribution in [3.8, 4) is 0 Å². The summed E-state index contributed by atoms with van der Waals surface area (Å²) in [5.74, 6) is -0.437. The fourth-order valence-corrected chi connectivity index (χ4v) is 1.72. The average molecular weight is 279 g/mol. The summed E-state index contributed by atoms with van der Waals surface area (Å²) in [5, 5.41) is 2.50. The van der Waals surface area contributed by atoms with E-state index in [-0.39, 0.29) is 5.69 Å². The van der Waals surface area contributed by atoms with Gasteiger partial charge in [-0.2, -0.15) is 13.2 Å². The van der Waals surface area contributed by atoms with Gasteiger partial charge in [-0.05, 0) is 36.8 Å². The van der Waals surface area contributed by atoms with E-state index >= 15 is 0 Å². The molecule has 104 valence electrons. The zero-order chi connectivity index (χ0) is 14.8. The van der Waals surface area contributed by atoms with E-state index in [2.05, 4.69) is 5.32 Å². The van der Waals surface area contributed by atoms with Crippen molar-refractivity contribution in [2.24, 2.45) is 0 Å². The molecule has 0 aromatic heterocycles. The van der Waals surface area contributed by atoms with Gasteiger partial charge in [-0.1, -0.05) is 24.3 Å². The highest BCUT2D eigenvalue weighted by atomic mass is 19.4. The standard InChI is InChI=1S/C15H12F3NO/c1-10-7-8-12(15(16,17)18)9-13(10)19-14(20)11-5-3-2-4-6-11/h2-9H,1H3,(H,19,20). The minimum atomic E-state index is -4.43. The van der Waals surface area contributed by atoms with Gasteiger partial charge in [0.15, 0.2) is 0 Å². The summed E-state index contributed by atoms with van der Waals surface area (Å²) in [5.41, 5.74) is 0.340. The molecule has 0 saturated heterocycles. The van der Waals surface area contributed by atoms with Crippen LogP contribution in [0.3, 0.4) is 0 Å². The number of hydrogen-bond donors (Lipinski definition) is 1. The molecular formula is C15H12F3NO. The average Bonchev–Trinajstić information content (AvgIpc) is 2.41. The Morgan fingerprint density at radius 2 is 1.70 bits per heavy atom. The van der Waals surface area contributed by atoms with Crippen LogP contribution >= 0.6 is 0 Å².